The quantitative estimate of drug-likeness (QED) is 0.825. The fourth-order valence-corrected chi connectivity index (χ4v) is 4.70. The SMILES string of the molecule is CS(=O)(=O)N1CCc2c(nc([C@H]3CCCCN3C(=O)C3CC3)[nH]c2=O)C1. The molecule has 1 saturated heterocycles. The molecule has 1 amide bonds. The first-order valence-corrected chi connectivity index (χ1v) is 11.1. The molecule has 3 heterocycles. The normalized spacial score (nSPS) is 24.3. The molecule has 1 aliphatic carbocycles. The molecule has 1 aromatic rings. The van der Waals surface area contributed by atoms with Crippen molar-refractivity contribution in [2.24, 2.45) is 5.92 Å². The molecule has 0 aromatic carbocycles. The molecule has 26 heavy (non-hydrogen) atoms. The minimum atomic E-state index is -3.33. The molecule has 1 saturated carbocycles. The molecule has 1 N–H and O–H groups in total. The van der Waals surface area contributed by atoms with E-state index in [0.717, 1.165) is 32.1 Å². The number of likely N-dealkylation sites (tertiary alicyclic amines) is 1. The van der Waals surface area contributed by atoms with Gasteiger partial charge >= 0.3 is 0 Å². The third-order valence-corrected chi connectivity index (χ3v) is 6.80. The van der Waals surface area contributed by atoms with E-state index >= 15 is 0 Å². The van der Waals surface area contributed by atoms with Crippen molar-refractivity contribution in [3.8, 4) is 0 Å². The standard InChI is InChI=1S/C17H24N4O4S/c1-26(24,25)20-9-7-12-13(10-20)18-15(19-16(12)22)14-4-2-3-8-21(14)17(23)11-5-6-11/h11,14H,2-10H2,1H3,(H,18,19,22)/t14-/m1/s1. The van der Waals surface area contributed by atoms with Gasteiger partial charge < -0.3 is 9.88 Å². The van der Waals surface area contributed by atoms with Crippen molar-refractivity contribution in [1.82, 2.24) is 19.2 Å². The minimum Gasteiger partial charge on any atom is -0.332 e. The summed E-state index contributed by atoms with van der Waals surface area (Å²) < 4.78 is 25.0. The fourth-order valence-electron chi connectivity index (χ4n) is 3.92. The molecule has 3 aliphatic rings. The van der Waals surface area contributed by atoms with E-state index < -0.39 is 10.0 Å². The van der Waals surface area contributed by atoms with Crippen LogP contribution in [-0.4, -0.2) is 52.8 Å². The van der Waals surface area contributed by atoms with Crippen LogP contribution in [0.2, 0.25) is 0 Å². The number of amides is 1. The van der Waals surface area contributed by atoms with Crippen LogP contribution in [0.25, 0.3) is 0 Å². The molecule has 1 aromatic heterocycles. The van der Waals surface area contributed by atoms with Crippen molar-refractivity contribution in [3.63, 3.8) is 0 Å². The van der Waals surface area contributed by atoms with Gasteiger partial charge in [-0.15, -0.1) is 0 Å². The number of hydrogen-bond donors (Lipinski definition) is 1. The highest BCUT2D eigenvalue weighted by molar-refractivity contribution is 7.88. The molecule has 142 valence electrons. The largest absolute Gasteiger partial charge is 0.332 e. The van der Waals surface area contributed by atoms with Crippen molar-refractivity contribution in [2.45, 2.75) is 51.1 Å². The number of hydrogen-bond acceptors (Lipinski definition) is 5. The lowest BCUT2D eigenvalue weighted by Crippen LogP contribution is -2.42. The Labute approximate surface area is 152 Å². The van der Waals surface area contributed by atoms with Crippen molar-refractivity contribution in [3.05, 3.63) is 27.4 Å². The first-order chi connectivity index (χ1) is 12.3. The van der Waals surface area contributed by atoms with Gasteiger partial charge in [0.25, 0.3) is 5.56 Å². The minimum absolute atomic E-state index is 0.119. The van der Waals surface area contributed by atoms with Crippen LogP contribution in [0, 0.1) is 5.92 Å². The Morgan fingerprint density at radius 3 is 2.65 bits per heavy atom. The lowest BCUT2D eigenvalue weighted by Gasteiger charge is -2.36. The molecular weight excluding hydrogens is 356 g/mol. The lowest BCUT2D eigenvalue weighted by molar-refractivity contribution is -0.136. The van der Waals surface area contributed by atoms with Crippen LogP contribution >= 0.6 is 0 Å². The van der Waals surface area contributed by atoms with Crippen LogP contribution in [0.4, 0.5) is 0 Å². The van der Waals surface area contributed by atoms with Gasteiger partial charge in [-0.25, -0.2) is 13.4 Å². The monoisotopic (exact) mass is 380 g/mol. The number of aromatic nitrogens is 2. The molecular formula is C17H24N4O4S. The van der Waals surface area contributed by atoms with Crippen LogP contribution in [0.15, 0.2) is 4.79 Å². The summed E-state index contributed by atoms with van der Waals surface area (Å²) in [6.07, 6.45) is 6.14. The predicted molar refractivity (Wildman–Crippen MR) is 94.8 cm³/mol. The van der Waals surface area contributed by atoms with Crippen molar-refractivity contribution in [1.29, 1.82) is 0 Å². The van der Waals surface area contributed by atoms with Gasteiger partial charge in [0, 0.05) is 24.6 Å². The van der Waals surface area contributed by atoms with Crippen LogP contribution in [-0.2, 0) is 27.8 Å². The van der Waals surface area contributed by atoms with Crippen LogP contribution < -0.4 is 5.56 Å². The Morgan fingerprint density at radius 1 is 1.19 bits per heavy atom. The molecule has 0 unspecified atom stereocenters. The Kier molecular flexibility index (Phi) is 4.38. The summed E-state index contributed by atoms with van der Waals surface area (Å²) >= 11 is 0. The van der Waals surface area contributed by atoms with E-state index in [0.29, 0.717) is 36.6 Å². The maximum absolute atomic E-state index is 12.6. The maximum Gasteiger partial charge on any atom is 0.254 e. The number of aromatic amines is 1. The molecule has 2 aliphatic heterocycles. The number of nitrogens with one attached hydrogen (secondary N) is 1. The summed E-state index contributed by atoms with van der Waals surface area (Å²) in [5.74, 6) is 0.784. The van der Waals surface area contributed by atoms with Gasteiger partial charge in [-0.3, -0.25) is 9.59 Å². The molecule has 0 radical (unpaired) electrons. The van der Waals surface area contributed by atoms with Crippen LogP contribution in [0.1, 0.15) is 55.2 Å². The molecule has 8 nitrogen and oxygen atoms in total. The summed E-state index contributed by atoms with van der Waals surface area (Å²) in [7, 11) is -3.33. The number of carbonyl (C=O) groups is 1. The van der Waals surface area contributed by atoms with Gasteiger partial charge in [-0.05, 0) is 38.5 Å². The van der Waals surface area contributed by atoms with Crippen LogP contribution in [0.5, 0.6) is 0 Å². The second-order valence-electron chi connectivity index (χ2n) is 7.54. The summed E-state index contributed by atoms with van der Waals surface area (Å²) in [5.41, 5.74) is 0.872. The van der Waals surface area contributed by atoms with Crippen molar-refractivity contribution in [2.75, 3.05) is 19.3 Å². The second kappa shape index (κ2) is 6.45. The summed E-state index contributed by atoms with van der Waals surface area (Å²) in [4.78, 5) is 34.5. The Hall–Kier alpha value is -1.74. The number of rotatable bonds is 3. The van der Waals surface area contributed by atoms with E-state index in [2.05, 4.69) is 9.97 Å². The van der Waals surface area contributed by atoms with Gasteiger partial charge in [0.2, 0.25) is 15.9 Å². The smallest absolute Gasteiger partial charge is 0.254 e. The highest BCUT2D eigenvalue weighted by Crippen LogP contribution is 2.37. The molecule has 9 heteroatoms. The van der Waals surface area contributed by atoms with E-state index in [1.807, 2.05) is 4.90 Å². The second-order valence-corrected chi connectivity index (χ2v) is 9.52. The lowest BCUT2D eigenvalue weighted by atomic mass is 10.00. The predicted octanol–water partition coefficient (Wildman–Crippen LogP) is 0.551. The first kappa shape index (κ1) is 17.7. The Morgan fingerprint density at radius 2 is 1.96 bits per heavy atom. The highest BCUT2D eigenvalue weighted by atomic mass is 32.2. The summed E-state index contributed by atoms with van der Waals surface area (Å²) in [6, 6.07) is -0.219. The average molecular weight is 380 g/mol. The number of fused-ring (bicyclic) bond motifs is 1. The highest BCUT2D eigenvalue weighted by Gasteiger charge is 2.39. The molecule has 0 bridgehead atoms. The zero-order chi connectivity index (χ0) is 18.5. The number of H-pyrrole nitrogens is 1. The van der Waals surface area contributed by atoms with Gasteiger partial charge in [0.05, 0.1) is 24.5 Å². The third-order valence-electron chi connectivity index (χ3n) is 5.55. The zero-order valence-corrected chi connectivity index (χ0v) is 15.7. The number of sulfonamides is 1. The third kappa shape index (κ3) is 3.29. The van der Waals surface area contributed by atoms with E-state index in [9.17, 15) is 18.0 Å². The van der Waals surface area contributed by atoms with Gasteiger partial charge in [-0.1, -0.05) is 0 Å². The summed E-state index contributed by atoms with van der Waals surface area (Å²) in [6.45, 7) is 1.11. The van der Waals surface area contributed by atoms with E-state index in [4.69, 9.17) is 0 Å². The fraction of sp³-hybridized carbons (Fsp3) is 0.706. The number of carbonyl (C=O) groups excluding carboxylic acids is 1. The van der Waals surface area contributed by atoms with Crippen molar-refractivity contribution >= 4 is 15.9 Å². The average Bonchev–Trinajstić information content (AvgIpc) is 3.45. The Bertz CT molecular complexity index is 891. The summed E-state index contributed by atoms with van der Waals surface area (Å²) in [5, 5.41) is 0. The molecule has 0 spiro atoms. The Balaban J connectivity index is 1.67. The van der Waals surface area contributed by atoms with E-state index in [1.165, 1.54) is 10.6 Å². The topological polar surface area (TPSA) is 103 Å². The van der Waals surface area contributed by atoms with Crippen molar-refractivity contribution < 1.29 is 13.2 Å². The molecule has 4 rings (SSSR count). The van der Waals surface area contributed by atoms with E-state index in [-0.39, 0.29) is 30.0 Å². The molecule has 2 fully saturated rings. The van der Waals surface area contributed by atoms with Gasteiger partial charge in [-0.2, -0.15) is 4.31 Å². The zero-order valence-electron chi connectivity index (χ0n) is 14.9. The van der Waals surface area contributed by atoms with Gasteiger partial charge in [0.15, 0.2) is 0 Å². The van der Waals surface area contributed by atoms with E-state index in [1.54, 1.807) is 0 Å². The maximum atomic E-state index is 12.6. The number of nitrogens with zero attached hydrogens (tertiary/aromatic N) is 3. The van der Waals surface area contributed by atoms with Crippen LogP contribution in [0.3, 0.4) is 0 Å². The first-order valence-electron chi connectivity index (χ1n) is 9.22. The number of piperidine rings is 1. The molecule has 1 atom stereocenters. The van der Waals surface area contributed by atoms with Gasteiger partial charge in [0.1, 0.15) is 5.82 Å².